The number of carbonyl (C=O) groups excluding carboxylic acids is 2. The number of hydrogen-bond donors (Lipinski definition) is 1. The van der Waals surface area contributed by atoms with E-state index in [-0.39, 0.29) is 16.8 Å². The number of pyridine rings is 1. The van der Waals surface area contributed by atoms with Crippen LogP contribution in [0.15, 0.2) is 42.7 Å². The van der Waals surface area contributed by atoms with Crippen LogP contribution in [0.1, 0.15) is 18.5 Å². The molecule has 1 fully saturated rings. The van der Waals surface area contributed by atoms with Crippen LogP contribution in [0.4, 0.5) is 24.5 Å². The van der Waals surface area contributed by atoms with E-state index in [1.165, 1.54) is 12.3 Å². The standard InChI is InChI=1S/C19H16F3N5O2/c20-19(21,22)18-14-10-23-7-6-15(14)27(25-18)11-16(28)24-12-3-1-4-13(9-12)26-8-2-5-17(26)29/h1,3-4,6-7,9-10H,2,5,8,11H2,(H,24,28). The molecule has 1 saturated heterocycles. The van der Waals surface area contributed by atoms with Gasteiger partial charge in [0.05, 0.1) is 10.9 Å². The van der Waals surface area contributed by atoms with Gasteiger partial charge in [0.1, 0.15) is 6.54 Å². The first-order valence-corrected chi connectivity index (χ1v) is 8.91. The van der Waals surface area contributed by atoms with Gasteiger partial charge in [-0.2, -0.15) is 18.3 Å². The number of halogens is 3. The molecule has 4 rings (SSSR count). The monoisotopic (exact) mass is 403 g/mol. The zero-order valence-electron chi connectivity index (χ0n) is 15.1. The number of hydrogen-bond acceptors (Lipinski definition) is 4. The predicted molar refractivity (Wildman–Crippen MR) is 99.2 cm³/mol. The zero-order chi connectivity index (χ0) is 20.6. The van der Waals surface area contributed by atoms with Gasteiger partial charge in [0, 0.05) is 36.7 Å². The van der Waals surface area contributed by atoms with Crippen molar-refractivity contribution >= 4 is 34.1 Å². The van der Waals surface area contributed by atoms with Gasteiger partial charge >= 0.3 is 6.18 Å². The van der Waals surface area contributed by atoms with Gasteiger partial charge in [-0.25, -0.2) is 0 Å². The molecule has 10 heteroatoms. The van der Waals surface area contributed by atoms with Crippen LogP contribution < -0.4 is 10.2 Å². The summed E-state index contributed by atoms with van der Waals surface area (Å²) < 4.78 is 40.6. The lowest BCUT2D eigenvalue weighted by Gasteiger charge is -2.16. The van der Waals surface area contributed by atoms with Crippen LogP contribution >= 0.6 is 0 Å². The van der Waals surface area contributed by atoms with Crippen molar-refractivity contribution in [3.8, 4) is 0 Å². The third-order valence-corrected chi connectivity index (χ3v) is 4.63. The van der Waals surface area contributed by atoms with Gasteiger partial charge in [-0.1, -0.05) is 6.07 Å². The zero-order valence-corrected chi connectivity index (χ0v) is 15.1. The Labute approximate surface area is 163 Å². The minimum atomic E-state index is -4.65. The van der Waals surface area contributed by atoms with E-state index in [0.717, 1.165) is 17.3 Å². The number of alkyl halides is 3. The van der Waals surface area contributed by atoms with E-state index in [2.05, 4.69) is 15.4 Å². The molecule has 150 valence electrons. The molecule has 0 aliphatic carbocycles. The fourth-order valence-corrected chi connectivity index (χ4v) is 3.36. The minimum absolute atomic E-state index is 0.0183. The fraction of sp³-hybridized carbons (Fsp3) is 0.263. The van der Waals surface area contributed by atoms with Crippen LogP contribution in [0.5, 0.6) is 0 Å². The van der Waals surface area contributed by atoms with E-state index in [9.17, 15) is 22.8 Å². The molecule has 1 N–H and O–H groups in total. The number of amides is 2. The number of nitrogens with zero attached hydrogens (tertiary/aromatic N) is 4. The summed E-state index contributed by atoms with van der Waals surface area (Å²) in [4.78, 5) is 29.7. The molecule has 1 aliphatic heterocycles. The molecule has 3 aromatic rings. The number of benzene rings is 1. The lowest BCUT2D eigenvalue weighted by molar-refractivity contribution is -0.140. The summed E-state index contributed by atoms with van der Waals surface area (Å²) in [6.07, 6.45) is -0.970. The van der Waals surface area contributed by atoms with E-state index < -0.39 is 24.3 Å². The van der Waals surface area contributed by atoms with Crippen molar-refractivity contribution in [2.75, 3.05) is 16.8 Å². The second-order valence-corrected chi connectivity index (χ2v) is 6.64. The molecular formula is C19H16F3N5O2. The van der Waals surface area contributed by atoms with Crippen molar-refractivity contribution in [2.24, 2.45) is 0 Å². The lowest BCUT2D eigenvalue weighted by atomic mass is 10.2. The van der Waals surface area contributed by atoms with Gasteiger partial charge in [-0.15, -0.1) is 0 Å². The fourth-order valence-electron chi connectivity index (χ4n) is 3.36. The maximum Gasteiger partial charge on any atom is 0.435 e. The normalized spacial score (nSPS) is 14.6. The van der Waals surface area contributed by atoms with Crippen molar-refractivity contribution in [1.29, 1.82) is 0 Å². The molecule has 0 spiro atoms. The quantitative estimate of drug-likeness (QED) is 0.726. The summed E-state index contributed by atoms with van der Waals surface area (Å²) in [5.74, 6) is -0.519. The van der Waals surface area contributed by atoms with E-state index in [4.69, 9.17) is 0 Å². The molecule has 0 atom stereocenters. The molecule has 29 heavy (non-hydrogen) atoms. The smallest absolute Gasteiger partial charge is 0.324 e. The van der Waals surface area contributed by atoms with E-state index in [1.54, 1.807) is 29.2 Å². The molecule has 2 amide bonds. The van der Waals surface area contributed by atoms with Crippen molar-refractivity contribution in [3.05, 3.63) is 48.4 Å². The highest BCUT2D eigenvalue weighted by atomic mass is 19.4. The SMILES string of the molecule is O=C(Cn1nc(C(F)(F)F)c2cnccc21)Nc1cccc(N2CCCC2=O)c1. The molecule has 1 aliphatic rings. The molecule has 1 aromatic carbocycles. The van der Waals surface area contributed by atoms with Crippen molar-refractivity contribution in [3.63, 3.8) is 0 Å². The number of nitrogens with one attached hydrogen (secondary N) is 1. The number of rotatable bonds is 4. The van der Waals surface area contributed by atoms with Crippen LogP contribution in [0, 0.1) is 0 Å². The van der Waals surface area contributed by atoms with Crippen LogP contribution in [0.3, 0.4) is 0 Å². The number of anilines is 2. The molecule has 0 saturated carbocycles. The van der Waals surface area contributed by atoms with Gasteiger partial charge in [0.2, 0.25) is 11.8 Å². The molecule has 3 heterocycles. The van der Waals surface area contributed by atoms with Crippen molar-refractivity contribution in [2.45, 2.75) is 25.6 Å². The Morgan fingerprint density at radius 1 is 1.24 bits per heavy atom. The van der Waals surface area contributed by atoms with Gasteiger partial charge in [-0.05, 0) is 30.7 Å². The summed E-state index contributed by atoms with van der Waals surface area (Å²) in [5.41, 5.74) is 0.198. The minimum Gasteiger partial charge on any atom is -0.324 e. The first kappa shape index (κ1) is 18.9. The van der Waals surface area contributed by atoms with Crippen molar-refractivity contribution in [1.82, 2.24) is 14.8 Å². The summed E-state index contributed by atoms with van der Waals surface area (Å²) in [6, 6.07) is 8.15. The molecule has 7 nitrogen and oxygen atoms in total. The number of carbonyl (C=O) groups is 2. The highest BCUT2D eigenvalue weighted by Crippen LogP contribution is 2.33. The van der Waals surface area contributed by atoms with Gasteiger partial charge in [-0.3, -0.25) is 19.3 Å². The Balaban J connectivity index is 1.55. The second-order valence-electron chi connectivity index (χ2n) is 6.64. The van der Waals surface area contributed by atoms with Crippen LogP contribution in [-0.2, 0) is 22.3 Å². The molecule has 0 radical (unpaired) electrons. The average molecular weight is 403 g/mol. The molecular weight excluding hydrogens is 387 g/mol. The van der Waals surface area contributed by atoms with Crippen molar-refractivity contribution < 1.29 is 22.8 Å². The Hall–Kier alpha value is -3.43. The maximum absolute atomic E-state index is 13.2. The summed E-state index contributed by atoms with van der Waals surface area (Å²) in [6.45, 7) is 0.216. The molecule has 0 unspecified atom stereocenters. The topological polar surface area (TPSA) is 80.1 Å². The van der Waals surface area contributed by atoms with E-state index in [0.29, 0.717) is 24.3 Å². The Bertz CT molecular complexity index is 1090. The Morgan fingerprint density at radius 2 is 2.07 bits per heavy atom. The van der Waals surface area contributed by atoms with Gasteiger partial charge < -0.3 is 10.2 Å². The molecule has 2 aromatic heterocycles. The van der Waals surface area contributed by atoms with E-state index >= 15 is 0 Å². The lowest BCUT2D eigenvalue weighted by Crippen LogP contribution is -2.24. The number of fused-ring (bicyclic) bond motifs is 1. The predicted octanol–water partition coefficient (Wildman–Crippen LogP) is 3.22. The largest absolute Gasteiger partial charge is 0.435 e. The first-order valence-electron chi connectivity index (χ1n) is 8.91. The summed E-state index contributed by atoms with van der Waals surface area (Å²) in [5, 5.41) is 6.05. The van der Waals surface area contributed by atoms with Gasteiger partial charge in [0.15, 0.2) is 5.69 Å². The van der Waals surface area contributed by atoms with Gasteiger partial charge in [0.25, 0.3) is 0 Å². The highest BCUT2D eigenvalue weighted by Gasteiger charge is 2.37. The maximum atomic E-state index is 13.2. The first-order chi connectivity index (χ1) is 13.8. The number of aromatic nitrogens is 3. The Morgan fingerprint density at radius 3 is 2.79 bits per heavy atom. The van der Waals surface area contributed by atoms with Crippen LogP contribution in [0.25, 0.3) is 10.9 Å². The average Bonchev–Trinajstić information content (AvgIpc) is 3.26. The van der Waals surface area contributed by atoms with Crippen LogP contribution in [-0.4, -0.2) is 33.1 Å². The highest BCUT2D eigenvalue weighted by molar-refractivity contribution is 5.97. The summed E-state index contributed by atoms with van der Waals surface area (Å²) >= 11 is 0. The van der Waals surface area contributed by atoms with Crippen LogP contribution in [0.2, 0.25) is 0 Å². The second kappa shape index (κ2) is 7.19. The molecule has 0 bridgehead atoms. The Kier molecular flexibility index (Phi) is 4.69. The summed E-state index contributed by atoms with van der Waals surface area (Å²) in [7, 11) is 0. The third-order valence-electron chi connectivity index (χ3n) is 4.63. The van der Waals surface area contributed by atoms with E-state index in [1.807, 2.05) is 0 Å². The third kappa shape index (κ3) is 3.78.